The largest absolute Gasteiger partial charge is 0.493 e. The second-order valence-corrected chi connectivity index (χ2v) is 10.7. The van der Waals surface area contributed by atoms with E-state index in [1.54, 1.807) is 13.4 Å². The molecule has 4 aromatic rings. The summed E-state index contributed by atoms with van der Waals surface area (Å²) >= 11 is 0. The lowest BCUT2D eigenvalue weighted by molar-refractivity contribution is 0.180. The van der Waals surface area contributed by atoms with Crippen LogP contribution < -0.4 is 20.1 Å². The minimum absolute atomic E-state index is 0.555. The van der Waals surface area contributed by atoms with Crippen LogP contribution in [0.25, 0.3) is 33.6 Å². The van der Waals surface area contributed by atoms with Gasteiger partial charge in [0.1, 0.15) is 24.5 Å². The van der Waals surface area contributed by atoms with Crippen LogP contribution in [0.4, 0.5) is 5.82 Å². The molecule has 2 aromatic carbocycles. The van der Waals surface area contributed by atoms with Gasteiger partial charge in [0.15, 0.2) is 11.5 Å². The summed E-state index contributed by atoms with van der Waals surface area (Å²) < 4.78 is 18.4. The molecule has 9 heteroatoms. The molecule has 0 saturated carbocycles. The Hall–Kier alpha value is -3.66. The van der Waals surface area contributed by atoms with E-state index in [9.17, 15) is 0 Å². The van der Waals surface area contributed by atoms with Crippen LogP contribution in [0.5, 0.6) is 11.5 Å². The fourth-order valence-electron chi connectivity index (χ4n) is 5.81. The van der Waals surface area contributed by atoms with Crippen LogP contribution in [0.15, 0.2) is 59.3 Å². The van der Waals surface area contributed by atoms with Crippen LogP contribution in [-0.4, -0.2) is 92.4 Å². The van der Waals surface area contributed by atoms with Crippen molar-refractivity contribution >= 4 is 16.9 Å². The first-order valence-corrected chi connectivity index (χ1v) is 14.8. The van der Waals surface area contributed by atoms with Crippen LogP contribution in [0.2, 0.25) is 0 Å². The zero-order valence-corrected chi connectivity index (χ0v) is 23.9. The van der Waals surface area contributed by atoms with Crippen molar-refractivity contribution in [1.29, 1.82) is 0 Å². The standard InChI is InChI=1S/C32H40N6O3/c1-39-27-22-25(10-11-26(27)40-21-20-37-15-6-3-7-16-37)30-28(24-8-4-2-5-9-24)29-31(35-23-36-32(29)41-30)34-14-19-38-17-12-33-13-18-38/h2,4-5,8-11,22-23,33H,3,6-7,12-21H2,1H3,(H,34,35,36). The number of likely N-dealkylation sites (tertiary alicyclic amines) is 1. The van der Waals surface area contributed by atoms with Gasteiger partial charge in [-0.05, 0) is 49.7 Å². The first kappa shape index (κ1) is 27.5. The van der Waals surface area contributed by atoms with Gasteiger partial charge >= 0.3 is 0 Å². The van der Waals surface area contributed by atoms with Crippen molar-refractivity contribution < 1.29 is 13.9 Å². The third-order valence-electron chi connectivity index (χ3n) is 8.02. The van der Waals surface area contributed by atoms with Crippen LogP contribution in [0.1, 0.15) is 19.3 Å². The number of piperidine rings is 1. The van der Waals surface area contributed by atoms with E-state index in [4.69, 9.17) is 13.9 Å². The minimum Gasteiger partial charge on any atom is -0.493 e. The Bertz CT molecular complexity index is 1410. The Morgan fingerprint density at radius 1 is 0.878 bits per heavy atom. The zero-order valence-electron chi connectivity index (χ0n) is 23.9. The lowest BCUT2D eigenvalue weighted by Gasteiger charge is -2.27. The Morgan fingerprint density at radius 3 is 2.49 bits per heavy atom. The van der Waals surface area contributed by atoms with E-state index in [1.165, 1.54) is 19.3 Å². The molecule has 2 N–H and O–H groups in total. The van der Waals surface area contributed by atoms with Crippen LogP contribution in [0.3, 0.4) is 0 Å². The number of hydrogen-bond acceptors (Lipinski definition) is 9. The number of hydrogen-bond donors (Lipinski definition) is 2. The van der Waals surface area contributed by atoms with Gasteiger partial charge in [-0.3, -0.25) is 9.80 Å². The normalized spacial score (nSPS) is 16.6. The number of piperazine rings is 1. The van der Waals surface area contributed by atoms with Gasteiger partial charge in [0.2, 0.25) is 5.71 Å². The quantitative estimate of drug-likeness (QED) is 0.272. The first-order valence-electron chi connectivity index (χ1n) is 14.8. The Labute approximate surface area is 241 Å². The van der Waals surface area contributed by atoms with Crippen molar-refractivity contribution in [3.8, 4) is 33.9 Å². The maximum Gasteiger partial charge on any atom is 0.232 e. The van der Waals surface area contributed by atoms with Gasteiger partial charge in [-0.25, -0.2) is 9.97 Å². The molecule has 0 atom stereocenters. The summed E-state index contributed by atoms with van der Waals surface area (Å²) in [6, 6.07) is 16.3. The molecule has 0 unspecified atom stereocenters. The summed E-state index contributed by atoms with van der Waals surface area (Å²) in [5.41, 5.74) is 3.46. The third kappa shape index (κ3) is 6.48. The second-order valence-electron chi connectivity index (χ2n) is 10.7. The molecule has 0 spiro atoms. The average molecular weight is 557 g/mol. The Kier molecular flexibility index (Phi) is 8.95. The second kappa shape index (κ2) is 13.3. The van der Waals surface area contributed by atoms with Gasteiger partial charge in [-0.2, -0.15) is 0 Å². The predicted molar refractivity (Wildman–Crippen MR) is 163 cm³/mol. The van der Waals surface area contributed by atoms with Crippen LogP contribution in [0, 0.1) is 0 Å². The van der Waals surface area contributed by atoms with Gasteiger partial charge < -0.3 is 24.5 Å². The van der Waals surface area contributed by atoms with Gasteiger partial charge in [0, 0.05) is 56.9 Å². The molecule has 2 saturated heterocycles. The van der Waals surface area contributed by atoms with E-state index >= 15 is 0 Å². The van der Waals surface area contributed by atoms with Crippen molar-refractivity contribution in [2.75, 3.05) is 77.9 Å². The van der Waals surface area contributed by atoms with E-state index in [1.807, 2.05) is 36.4 Å². The van der Waals surface area contributed by atoms with Crippen molar-refractivity contribution in [2.45, 2.75) is 19.3 Å². The number of furan rings is 1. The third-order valence-corrected chi connectivity index (χ3v) is 8.02. The summed E-state index contributed by atoms with van der Waals surface area (Å²) in [5.74, 6) is 2.93. The molecule has 2 fully saturated rings. The van der Waals surface area contributed by atoms with Crippen molar-refractivity contribution in [3.63, 3.8) is 0 Å². The zero-order chi connectivity index (χ0) is 27.9. The number of methoxy groups -OCH3 is 1. The summed E-state index contributed by atoms with van der Waals surface area (Å²) in [5, 5.41) is 7.87. The number of nitrogens with zero attached hydrogens (tertiary/aromatic N) is 4. The predicted octanol–water partition coefficient (Wildman–Crippen LogP) is 4.75. The highest BCUT2D eigenvalue weighted by Gasteiger charge is 2.23. The topological polar surface area (TPSA) is 87.9 Å². The van der Waals surface area contributed by atoms with Gasteiger partial charge in [0.25, 0.3) is 0 Å². The summed E-state index contributed by atoms with van der Waals surface area (Å²) in [6.45, 7) is 9.81. The number of anilines is 1. The van der Waals surface area contributed by atoms with Crippen molar-refractivity contribution in [2.24, 2.45) is 0 Å². The molecule has 0 bridgehead atoms. The van der Waals surface area contributed by atoms with E-state index in [-0.39, 0.29) is 0 Å². The van der Waals surface area contributed by atoms with Gasteiger partial charge in [0.05, 0.1) is 12.5 Å². The number of aromatic nitrogens is 2. The molecule has 0 amide bonds. The first-order chi connectivity index (χ1) is 20.3. The average Bonchev–Trinajstić information content (AvgIpc) is 3.43. The molecule has 6 rings (SSSR count). The highest BCUT2D eigenvalue weighted by molar-refractivity contribution is 6.05. The van der Waals surface area contributed by atoms with Crippen molar-refractivity contribution in [1.82, 2.24) is 25.1 Å². The van der Waals surface area contributed by atoms with E-state index in [2.05, 4.69) is 42.5 Å². The summed E-state index contributed by atoms with van der Waals surface area (Å²) in [7, 11) is 1.68. The minimum atomic E-state index is 0.555. The molecule has 41 heavy (non-hydrogen) atoms. The molecule has 216 valence electrons. The van der Waals surface area contributed by atoms with E-state index in [0.29, 0.717) is 18.1 Å². The van der Waals surface area contributed by atoms with E-state index in [0.717, 1.165) is 98.3 Å². The maximum absolute atomic E-state index is 6.46. The lowest BCUT2D eigenvalue weighted by atomic mass is 9.99. The fraction of sp³-hybridized carbons (Fsp3) is 0.438. The molecule has 2 aromatic heterocycles. The Morgan fingerprint density at radius 2 is 1.68 bits per heavy atom. The lowest BCUT2D eigenvalue weighted by Crippen LogP contribution is -2.45. The summed E-state index contributed by atoms with van der Waals surface area (Å²) in [4.78, 5) is 14.1. The number of benzene rings is 2. The number of rotatable bonds is 11. The van der Waals surface area contributed by atoms with Crippen LogP contribution >= 0.6 is 0 Å². The highest BCUT2D eigenvalue weighted by atomic mass is 16.5. The fourth-order valence-corrected chi connectivity index (χ4v) is 5.81. The number of fused-ring (bicyclic) bond motifs is 1. The SMILES string of the molecule is COc1cc(-c2oc3ncnc(NCCN4CCNCC4)c3c2-c2ccccc2)ccc1OCCN1CCCCC1. The summed E-state index contributed by atoms with van der Waals surface area (Å²) in [6.07, 6.45) is 5.45. The molecule has 2 aliphatic heterocycles. The van der Waals surface area contributed by atoms with Crippen molar-refractivity contribution in [3.05, 3.63) is 54.9 Å². The molecule has 4 heterocycles. The smallest absolute Gasteiger partial charge is 0.232 e. The Balaban J connectivity index is 1.29. The number of nitrogens with one attached hydrogen (secondary N) is 2. The highest BCUT2D eigenvalue weighted by Crippen LogP contribution is 2.44. The molecular formula is C32H40N6O3. The van der Waals surface area contributed by atoms with Gasteiger partial charge in [-0.1, -0.05) is 36.8 Å². The molecular weight excluding hydrogens is 516 g/mol. The maximum atomic E-state index is 6.46. The van der Waals surface area contributed by atoms with E-state index < -0.39 is 0 Å². The number of ether oxygens (including phenoxy) is 2. The van der Waals surface area contributed by atoms with Gasteiger partial charge in [-0.15, -0.1) is 0 Å². The molecule has 2 aliphatic rings. The molecule has 9 nitrogen and oxygen atoms in total. The molecule has 0 aliphatic carbocycles. The monoisotopic (exact) mass is 556 g/mol. The van der Waals surface area contributed by atoms with Crippen LogP contribution in [-0.2, 0) is 0 Å². The molecule has 0 radical (unpaired) electrons.